The highest BCUT2D eigenvalue weighted by Crippen LogP contribution is 2.20. The minimum atomic E-state index is -0.470. The second-order valence-electron chi connectivity index (χ2n) is 6.30. The number of rotatable bonds is 6. The summed E-state index contributed by atoms with van der Waals surface area (Å²) in [4.78, 5) is 24.4. The molecule has 0 aliphatic carbocycles. The molecule has 0 aliphatic heterocycles. The quantitative estimate of drug-likeness (QED) is 0.562. The Bertz CT molecular complexity index is 973. The number of nitrogens with two attached hydrogens (primary N) is 1. The van der Waals surface area contributed by atoms with Crippen LogP contribution >= 0.6 is 0 Å². The zero-order valence-corrected chi connectivity index (χ0v) is 15.1. The third-order valence-electron chi connectivity index (χ3n) is 4.18. The van der Waals surface area contributed by atoms with E-state index in [2.05, 4.69) is 10.6 Å². The first-order chi connectivity index (χ1) is 13.5. The average molecular weight is 377 g/mol. The fourth-order valence-electron chi connectivity index (χ4n) is 2.67. The summed E-state index contributed by atoms with van der Waals surface area (Å²) in [5.41, 5.74) is 8.28. The molecule has 0 bridgehead atoms. The highest BCUT2D eigenvalue weighted by Gasteiger charge is 2.09. The van der Waals surface area contributed by atoms with Gasteiger partial charge in [0.25, 0.3) is 5.91 Å². The maximum Gasteiger partial charge on any atom is 0.255 e. The van der Waals surface area contributed by atoms with Gasteiger partial charge in [0.15, 0.2) is 0 Å². The van der Waals surface area contributed by atoms with Crippen LogP contribution in [0.3, 0.4) is 0 Å². The number of nitrogen functional groups attached to an aromatic ring is 1. The first-order valence-corrected chi connectivity index (χ1v) is 8.81. The summed E-state index contributed by atoms with van der Waals surface area (Å²) in [6, 6.07) is 20.1. The Hall–Kier alpha value is -3.67. The number of halogens is 1. The van der Waals surface area contributed by atoms with E-state index in [-0.39, 0.29) is 17.5 Å². The van der Waals surface area contributed by atoms with Crippen LogP contribution in [0.5, 0.6) is 0 Å². The van der Waals surface area contributed by atoms with Crippen molar-refractivity contribution in [3.63, 3.8) is 0 Å². The Labute approximate surface area is 162 Å². The zero-order chi connectivity index (χ0) is 19.9. The summed E-state index contributed by atoms with van der Waals surface area (Å²) in [6.45, 7) is 0. The molecule has 3 rings (SSSR count). The molecule has 0 radical (unpaired) electrons. The molecule has 0 aliphatic rings. The summed E-state index contributed by atoms with van der Waals surface area (Å²) >= 11 is 0. The monoisotopic (exact) mass is 377 g/mol. The van der Waals surface area contributed by atoms with E-state index in [1.54, 1.807) is 24.3 Å². The van der Waals surface area contributed by atoms with Crippen LogP contribution in [0.15, 0.2) is 72.8 Å². The first kappa shape index (κ1) is 19.1. The van der Waals surface area contributed by atoms with Crippen LogP contribution in [0.1, 0.15) is 22.3 Å². The van der Waals surface area contributed by atoms with Crippen LogP contribution in [0.2, 0.25) is 0 Å². The van der Waals surface area contributed by atoms with Crippen LogP contribution in [0.4, 0.5) is 21.5 Å². The number of hydrogen-bond donors (Lipinski definition) is 3. The molecular formula is C22H20FN3O2. The molecule has 2 amide bonds. The van der Waals surface area contributed by atoms with Crippen molar-refractivity contribution >= 4 is 28.9 Å². The Morgan fingerprint density at radius 1 is 0.893 bits per heavy atom. The van der Waals surface area contributed by atoms with Crippen molar-refractivity contribution in [3.8, 4) is 0 Å². The molecule has 4 N–H and O–H groups in total. The maximum atomic E-state index is 13.1. The van der Waals surface area contributed by atoms with E-state index in [9.17, 15) is 14.0 Å². The van der Waals surface area contributed by atoms with E-state index in [1.165, 1.54) is 12.1 Å². The maximum absolute atomic E-state index is 13.1. The predicted octanol–water partition coefficient (Wildman–Crippen LogP) is 4.23. The second kappa shape index (κ2) is 8.81. The van der Waals surface area contributed by atoms with Crippen molar-refractivity contribution in [2.75, 3.05) is 16.4 Å². The van der Waals surface area contributed by atoms with E-state index in [0.29, 0.717) is 29.8 Å². The van der Waals surface area contributed by atoms with E-state index >= 15 is 0 Å². The highest BCUT2D eigenvalue weighted by molar-refractivity contribution is 6.06. The molecule has 0 spiro atoms. The van der Waals surface area contributed by atoms with Crippen molar-refractivity contribution in [1.82, 2.24) is 0 Å². The summed E-state index contributed by atoms with van der Waals surface area (Å²) in [5, 5.41) is 5.45. The standard InChI is InChI=1S/C22H20FN3O2/c23-17-9-12-20(19(24)14-17)26-22(28)16-7-10-18(11-8-16)25-21(27)13-6-15-4-2-1-3-5-15/h1-5,7-12,14H,6,13,24H2,(H,25,27)(H,26,28). The zero-order valence-electron chi connectivity index (χ0n) is 15.1. The highest BCUT2D eigenvalue weighted by atomic mass is 19.1. The molecular weight excluding hydrogens is 357 g/mol. The van der Waals surface area contributed by atoms with Gasteiger partial charge in [-0.2, -0.15) is 0 Å². The largest absolute Gasteiger partial charge is 0.397 e. The van der Waals surface area contributed by atoms with Gasteiger partial charge < -0.3 is 16.4 Å². The number of amides is 2. The van der Waals surface area contributed by atoms with Crippen molar-refractivity contribution in [1.29, 1.82) is 0 Å². The second-order valence-corrected chi connectivity index (χ2v) is 6.30. The van der Waals surface area contributed by atoms with Crippen LogP contribution in [-0.4, -0.2) is 11.8 Å². The Morgan fingerprint density at radius 2 is 1.61 bits per heavy atom. The van der Waals surface area contributed by atoms with Gasteiger partial charge in [0, 0.05) is 17.7 Å². The lowest BCUT2D eigenvalue weighted by atomic mass is 10.1. The minimum absolute atomic E-state index is 0.0971. The third kappa shape index (κ3) is 5.17. The number of carbonyl (C=O) groups is 2. The topological polar surface area (TPSA) is 84.2 Å². The molecule has 28 heavy (non-hydrogen) atoms. The van der Waals surface area contributed by atoms with Gasteiger partial charge in [-0.3, -0.25) is 9.59 Å². The van der Waals surface area contributed by atoms with Crippen LogP contribution in [0, 0.1) is 5.82 Å². The Kier molecular flexibility index (Phi) is 6.01. The molecule has 0 saturated carbocycles. The number of benzene rings is 3. The molecule has 0 saturated heterocycles. The predicted molar refractivity (Wildman–Crippen MR) is 109 cm³/mol. The molecule has 0 unspecified atom stereocenters. The molecule has 142 valence electrons. The lowest BCUT2D eigenvalue weighted by Crippen LogP contribution is -2.14. The number of nitrogens with one attached hydrogen (secondary N) is 2. The molecule has 5 nitrogen and oxygen atoms in total. The van der Waals surface area contributed by atoms with Crippen molar-refractivity contribution in [2.24, 2.45) is 0 Å². The molecule has 3 aromatic carbocycles. The van der Waals surface area contributed by atoms with Crippen molar-refractivity contribution < 1.29 is 14.0 Å². The lowest BCUT2D eigenvalue weighted by molar-refractivity contribution is -0.116. The molecule has 0 aromatic heterocycles. The van der Waals surface area contributed by atoms with Crippen LogP contribution < -0.4 is 16.4 Å². The number of hydrogen-bond acceptors (Lipinski definition) is 3. The smallest absolute Gasteiger partial charge is 0.255 e. The van der Waals surface area contributed by atoms with E-state index in [1.807, 2.05) is 30.3 Å². The Morgan fingerprint density at radius 3 is 2.29 bits per heavy atom. The molecule has 6 heteroatoms. The minimum Gasteiger partial charge on any atom is -0.397 e. The number of aryl methyl sites for hydroxylation is 1. The molecule has 0 fully saturated rings. The fourth-order valence-corrected chi connectivity index (χ4v) is 2.67. The van der Waals surface area contributed by atoms with Gasteiger partial charge in [-0.25, -0.2) is 4.39 Å². The van der Waals surface area contributed by atoms with Gasteiger partial charge in [-0.15, -0.1) is 0 Å². The fraction of sp³-hybridized carbons (Fsp3) is 0.0909. The lowest BCUT2D eigenvalue weighted by Gasteiger charge is -2.09. The van der Waals surface area contributed by atoms with Crippen LogP contribution in [0.25, 0.3) is 0 Å². The number of anilines is 3. The van der Waals surface area contributed by atoms with Crippen LogP contribution in [-0.2, 0) is 11.2 Å². The third-order valence-corrected chi connectivity index (χ3v) is 4.18. The Balaban J connectivity index is 1.55. The van der Waals surface area contributed by atoms with Crippen molar-refractivity contribution in [3.05, 3.63) is 89.7 Å². The average Bonchev–Trinajstić information content (AvgIpc) is 2.70. The molecule has 0 atom stereocenters. The van der Waals surface area contributed by atoms with E-state index in [0.717, 1.165) is 11.6 Å². The van der Waals surface area contributed by atoms with Gasteiger partial charge in [-0.05, 0) is 54.4 Å². The van der Waals surface area contributed by atoms with Crippen molar-refractivity contribution in [2.45, 2.75) is 12.8 Å². The molecule has 0 heterocycles. The van der Waals surface area contributed by atoms with E-state index in [4.69, 9.17) is 5.73 Å². The SMILES string of the molecule is Nc1cc(F)ccc1NC(=O)c1ccc(NC(=O)CCc2ccccc2)cc1. The summed E-state index contributed by atoms with van der Waals surface area (Å²) in [5.74, 6) is -0.941. The summed E-state index contributed by atoms with van der Waals surface area (Å²) < 4.78 is 13.1. The normalized spacial score (nSPS) is 10.3. The summed E-state index contributed by atoms with van der Waals surface area (Å²) in [7, 11) is 0. The van der Waals surface area contributed by atoms with E-state index < -0.39 is 5.82 Å². The van der Waals surface area contributed by atoms with Gasteiger partial charge in [0.2, 0.25) is 5.91 Å². The first-order valence-electron chi connectivity index (χ1n) is 8.81. The van der Waals surface area contributed by atoms with Gasteiger partial charge in [-0.1, -0.05) is 30.3 Å². The molecule has 3 aromatic rings. The van der Waals surface area contributed by atoms with Gasteiger partial charge in [0.1, 0.15) is 5.82 Å². The summed E-state index contributed by atoms with van der Waals surface area (Å²) in [6.07, 6.45) is 1.03. The van der Waals surface area contributed by atoms with Gasteiger partial charge in [0.05, 0.1) is 11.4 Å². The van der Waals surface area contributed by atoms with Gasteiger partial charge >= 0.3 is 0 Å². The number of carbonyl (C=O) groups excluding carboxylic acids is 2.